The highest BCUT2D eigenvalue weighted by molar-refractivity contribution is 14.1. The van der Waals surface area contributed by atoms with E-state index in [1.165, 1.54) is 0 Å². The Hall–Kier alpha value is -0.990. The van der Waals surface area contributed by atoms with Gasteiger partial charge < -0.3 is 10.2 Å². The number of carboxylic acids is 1. The number of nitrogens with zero attached hydrogens (tertiary/aromatic N) is 1. The van der Waals surface area contributed by atoms with Gasteiger partial charge in [-0.2, -0.15) is 0 Å². The number of carboxylic acid groups (broad SMARTS) is 1. The van der Waals surface area contributed by atoms with Gasteiger partial charge >= 0.3 is 5.97 Å². The zero-order valence-electron chi connectivity index (χ0n) is 6.54. The van der Waals surface area contributed by atoms with E-state index >= 15 is 0 Å². The highest BCUT2D eigenvalue weighted by Gasteiger charge is 2.21. The average Bonchev–Trinajstić information content (AvgIpc) is 2.07. The van der Waals surface area contributed by atoms with Gasteiger partial charge in [0.25, 0.3) is 6.43 Å². The zero-order valence-corrected chi connectivity index (χ0v) is 8.70. The van der Waals surface area contributed by atoms with Crippen LogP contribution in [0.5, 0.6) is 5.75 Å². The fourth-order valence-electron chi connectivity index (χ4n) is 0.841. The van der Waals surface area contributed by atoms with E-state index < -0.39 is 29.4 Å². The Morgan fingerprint density at radius 2 is 2.14 bits per heavy atom. The SMILES string of the molecule is O=C(O)c1nc(I)cc(C(F)F)c1O. The summed E-state index contributed by atoms with van der Waals surface area (Å²) >= 11 is 1.60. The summed E-state index contributed by atoms with van der Waals surface area (Å²) in [5.74, 6) is -2.52. The maximum atomic E-state index is 12.3. The van der Waals surface area contributed by atoms with Crippen LogP contribution < -0.4 is 0 Å². The second-order valence-corrected chi connectivity index (χ2v) is 3.44. The van der Waals surface area contributed by atoms with Crippen LogP contribution in [0, 0.1) is 3.70 Å². The Labute approximate surface area is 90.7 Å². The highest BCUT2D eigenvalue weighted by Crippen LogP contribution is 2.31. The number of hydrogen-bond acceptors (Lipinski definition) is 3. The topological polar surface area (TPSA) is 70.4 Å². The number of rotatable bonds is 2. The average molecular weight is 315 g/mol. The molecule has 0 aliphatic heterocycles. The van der Waals surface area contributed by atoms with Crippen LogP contribution in [0.25, 0.3) is 0 Å². The molecule has 0 fully saturated rings. The van der Waals surface area contributed by atoms with E-state index in [0.717, 1.165) is 6.07 Å². The van der Waals surface area contributed by atoms with Gasteiger partial charge in [-0.25, -0.2) is 18.6 Å². The van der Waals surface area contributed by atoms with Crippen molar-refractivity contribution in [1.29, 1.82) is 0 Å². The van der Waals surface area contributed by atoms with Crippen molar-refractivity contribution in [3.05, 3.63) is 21.0 Å². The molecule has 0 amide bonds. The van der Waals surface area contributed by atoms with Crippen molar-refractivity contribution >= 4 is 28.6 Å². The molecule has 1 rings (SSSR count). The summed E-state index contributed by atoms with van der Waals surface area (Å²) < 4.78 is 24.6. The molecule has 0 unspecified atom stereocenters. The fourth-order valence-corrected chi connectivity index (χ4v) is 1.42. The smallest absolute Gasteiger partial charge is 0.358 e. The standard InChI is InChI=1S/C7H4F2INO3/c8-6(9)2-1-3(10)11-4(5(2)12)7(13)14/h1,6,12H,(H,13,14). The van der Waals surface area contributed by atoms with Crippen LogP contribution in [-0.4, -0.2) is 21.2 Å². The molecule has 0 aliphatic rings. The normalized spacial score (nSPS) is 10.6. The highest BCUT2D eigenvalue weighted by atomic mass is 127. The summed E-state index contributed by atoms with van der Waals surface area (Å²) in [6, 6.07) is 0.938. The third-order valence-corrected chi connectivity index (χ3v) is 1.98. The Bertz CT molecular complexity index is 383. The van der Waals surface area contributed by atoms with Crippen molar-refractivity contribution in [2.45, 2.75) is 6.43 Å². The van der Waals surface area contributed by atoms with Crippen molar-refractivity contribution in [2.75, 3.05) is 0 Å². The molecule has 14 heavy (non-hydrogen) atoms. The van der Waals surface area contributed by atoms with Crippen LogP contribution in [-0.2, 0) is 0 Å². The zero-order chi connectivity index (χ0) is 10.9. The summed E-state index contributed by atoms with van der Waals surface area (Å²) in [5.41, 5.74) is -1.48. The van der Waals surface area contributed by atoms with Crippen molar-refractivity contribution in [2.24, 2.45) is 0 Å². The minimum absolute atomic E-state index is 0.0908. The number of hydrogen-bond donors (Lipinski definition) is 2. The van der Waals surface area contributed by atoms with Crippen LogP contribution in [0.2, 0.25) is 0 Å². The molecular weight excluding hydrogens is 311 g/mol. The first-order valence-electron chi connectivity index (χ1n) is 3.34. The largest absolute Gasteiger partial charge is 0.505 e. The van der Waals surface area contributed by atoms with E-state index in [2.05, 4.69) is 4.98 Å². The minimum Gasteiger partial charge on any atom is -0.505 e. The Balaban J connectivity index is 3.40. The molecule has 0 aliphatic carbocycles. The predicted molar refractivity (Wildman–Crippen MR) is 50.5 cm³/mol. The summed E-state index contributed by atoms with van der Waals surface area (Å²) in [5, 5.41) is 17.7. The Morgan fingerprint density at radius 1 is 1.57 bits per heavy atom. The van der Waals surface area contributed by atoms with E-state index in [9.17, 15) is 13.6 Å². The third kappa shape index (κ3) is 2.08. The van der Waals surface area contributed by atoms with Crippen LogP contribution in [0.1, 0.15) is 22.5 Å². The molecule has 0 aromatic carbocycles. The van der Waals surface area contributed by atoms with Gasteiger partial charge in [0, 0.05) is 0 Å². The van der Waals surface area contributed by atoms with Gasteiger partial charge in [-0.05, 0) is 28.7 Å². The first-order valence-corrected chi connectivity index (χ1v) is 4.42. The van der Waals surface area contributed by atoms with Gasteiger partial charge in [0.15, 0.2) is 11.4 Å². The number of aromatic carboxylic acids is 1. The first kappa shape index (κ1) is 11.1. The maximum Gasteiger partial charge on any atom is 0.358 e. The van der Waals surface area contributed by atoms with Gasteiger partial charge in [0.2, 0.25) is 0 Å². The molecule has 0 bridgehead atoms. The number of alkyl halides is 2. The van der Waals surface area contributed by atoms with Crippen molar-refractivity contribution in [1.82, 2.24) is 4.98 Å². The van der Waals surface area contributed by atoms with Crippen LogP contribution in [0.15, 0.2) is 6.07 Å². The Morgan fingerprint density at radius 3 is 2.57 bits per heavy atom. The summed E-state index contributed by atoms with van der Waals surface area (Å²) in [6.45, 7) is 0. The maximum absolute atomic E-state index is 12.3. The molecule has 2 N–H and O–H groups in total. The number of carbonyl (C=O) groups is 1. The van der Waals surface area contributed by atoms with Crippen molar-refractivity contribution in [3.63, 3.8) is 0 Å². The van der Waals surface area contributed by atoms with Gasteiger partial charge in [-0.3, -0.25) is 0 Å². The van der Waals surface area contributed by atoms with Crippen LogP contribution >= 0.6 is 22.6 Å². The van der Waals surface area contributed by atoms with Gasteiger partial charge in [-0.15, -0.1) is 0 Å². The Kier molecular flexibility index (Phi) is 3.19. The predicted octanol–water partition coefficient (Wildman–Crippen LogP) is 2.03. The number of aromatic nitrogens is 1. The molecule has 0 saturated carbocycles. The van der Waals surface area contributed by atoms with Crippen LogP contribution in [0.3, 0.4) is 0 Å². The molecule has 0 spiro atoms. The molecule has 1 aromatic heterocycles. The van der Waals surface area contributed by atoms with E-state index in [0.29, 0.717) is 0 Å². The van der Waals surface area contributed by atoms with Gasteiger partial charge in [0.05, 0.1) is 5.56 Å². The fraction of sp³-hybridized carbons (Fsp3) is 0.143. The molecule has 76 valence electrons. The number of aromatic hydroxyl groups is 1. The molecule has 0 radical (unpaired) electrons. The number of halogens is 3. The summed E-state index contributed by atoms with van der Waals surface area (Å²) in [7, 11) is 0. The second-order valence-electron chi connectivity index (χ2n) is 2.34. The van der Waals surface area contributed by atoms with Crippen molar-refractivity contribution in [3.8, 4) is 5.75 Å². The van der Waals surface area contributed by atoms with Crippen LogP contribution in [0.4, 0.5) is 8.78 Å². The van der Waals surface area contributed by atoms with Crippen molar-refractivity contribution < 1.29 is 23.8 Å². The summed E-state index contributed by atoms with van der Waals surface area (Å²) in [6.07, 6.45) is -2.93. The molecule has 7 heteroatoms. The molecular formula is C7H4F2INO3. The molecule has 0 atom stereocenters. The monoisotopic (exact) mass is 315 g/mol. The quantitative estimate of drug-likeness (QED) is 0.647. The van der Waals surface area contributed by atoms with Gasteiger partial charge in [0.1, 0.15) is 3.70 Å². The molecule has 1 aromatic rings. The lowest BCUT2D eigenvalue weighted by atomic mass is 10.2. The van der Waals surface area contributed by atoms with Gasteiger partial charge in [-0.1, -0.05) is 0 Å². The lowest BCUT2D eigenvalue weighted by Gasteiger charge is -2.06. The van der Waals surface area contributed by atoms with E-state index in [1.807, 2.05) is 0 Å². The van der Waals surface area contributed by atoms with E-state index in [1.54, 1.807) is 22.6 Å². The molecule has 4 nitrogen and oxygen atoms in total. The first-order chi connectivity index (χ1) is 6.43. The second kappa shape index (κ2) is 4.03. The van der Waals surface area contributed by atoms with E-state index in [-0.39, 0.29) is 3.70 Å². The summed E-state index contributed by atoms with van der Waals surface area (Å²) in [4.78, 5) is 13.9. The minimum atomic E-state index is -2.93. The van der Waals surface area contributed by atoms with E-state index in [4.69, 9.17) is 10.2 Å². The molecule has 0 saturated heterocycles. The lowest BCUT2D eigenvalue weighted by molar-refractivity contribution is 0.0685. The molecule has 1 heterocycles. The number of pyridine rings is 1. The lowest BCUT2D eigenvalue weighted by Crippen LogP contribution is -2.04. The third-order valence-electron chi connectivity index (χ3n) is 1.43.